The molecule has 8 nitrogen and oxygen atoms in total. The second kappa shape index (κ2) is 6.05. The van der Waals surface area contributed by atoms with E-state index in [0.29, 0.717) is 23.1 Å². The normalized spacial score (nSPS) is 11.1. The molecule has 0 saturated heterocycles. The Morgan fingerprint density at radius 2 is 2.04 bits per heavy atom. The summed E-state index contributed by atoms with van der Waals surface area (Å²) in [7, 11) is 0. The first-order chi connectivity index (χ1) is 12.9. The Morgan fingerprint density at radius 1 is 1.04 bits per heavy atom. The van der Waals surface area contributed by atoms with Gasteiger partial charge in [-0.1, -0.05) is 6.07 Å². The first-order valence-electron chi connectivity index (χ1n) is 7.75. The molecule has 0 bridgehead atoms. The average Bonchev–Trinajstić information content (AvgIpc) is 3.42. The minimum atomic E-state index is 0.449. The average molecular weight is 361 g/mol. The molecule has 0 amide bonds. The number of nitrogens with zero attached hydrogens (tertiary/aromatic N) is 7. The lowest BCUT2D eigenvalue weighted by molar-refractivity contribution is 0.452. The van der Waals surface area contributed by atoms with Gasteiger partial charge in [0.2, 0.25) is 5.88 Å². The number of hydrogen-bond donors (Lipinski definition) is 0. The van der Waals surface area contributed by atoms with Gasteiger partial charge in [0.15, 0.2) is 11.5 Å². The lowest BCUT2D eigenvalue weighted by Gasteiger charge is -2.07. The highest BCUT2D eigenvalue weighted by Crippen LogP contribution is 2.24. The molecule has 0 aliphatic heterocycles. The number of hydrogen-bond acceptors (Lipinski definition) is 7. The molecule has 5 rings (SSSR count). The quantitative estimate of drug-likeness (QED) is 0.489. The van der Waals surface area contributed by atoms with E-state index in [4.69, 9.17) is 4.74 Å². The Balaban J connectivity index is 1.50. The van der Waals surface area contributed by atoms with Crippen molar-refractivity contribution in [2.24, 2.45) is 0 Å². The Labute approximate surface area is 151 Å². The third-order valence-corrected chi connectivity index (χ3v) is 4.42. The lowest BCUT2D eigenvalue weighted by Crippen LogP contribution is -1.98. The molecule has 5 aromatic rings. The van der Waals surface area contributed by atoms with E-state index in [-0.39, 0.29) is 0 Å². The molecular weight excluding hydrogens is 350 g/mol. The number of ether oxygens (including phenoxy) is 1. The Bertz CT molecular complexity index is 1170. The highest BCUT2D eigenvalue weighted by molar-refractivity contribution is 7.08. The molecule has 9 heteroatoms. The van der Waals surface area contributed by atoms with Gasteiger partial charge in [0, 0.05) is 23.1 Å². The van der Waals surface area contributed by atoms with Crippen LogP contribution in [-0.4, -0.2) is 34.6 Å². The SMILES string of the molecule is c1cc(Oc2ccc3nnc(-c4ccsc4)n3n2)cc(-n2cncn2)c1. The van der Waals surface area contributed by atoms with Crippen molar-refractivity contribution in [1.82, 2.24) is 34.6 Å². The summed E-state index contributed by atoms with van der Waals surface area (Å²) in [5.41, 5.74) is 2.49. The van der Waals surface area contributed by atoms with Crippen molar-refractivity contribution in [3.63, 3.8) is 0 Å². The zero-order chi connectivity index (χ0) is 17.3. The lowest BCUT2D eigenvalue weighted by atomic mass is 10.3. The van der Waals surface area contributed by atoms with Crippen molar-refractivity contribution >= 4 is 17.0 Å². The molecule has 0 N–H and O–H groups in total. The minimum Gasteiger partial charge on any atom is -0.438 e. The van der Waals surface area contributed by atoms with Crippen molar-refractivity contribution in [2.45, 2.75) is 0 Å². The number of thiophene rings is 1. The maximum atomic E-state index is 5.92. The van der Waals surface area contributed by atoms with Gasteiger partial charge in [-0.2, -0.15) is 21.0 Å². The highest BCUT2D eigenvalue weighted by atomic mass is 32.1. The largest absolute Gasteiger partial charge is 0.438 e. The maximum absolute atomic E-state index is 5.92. The van der Waals surface area contributed by atoms with E-state index in [9.17, 15) is 0 Å². The predicted octanol–water partition coefficient (Wildman–Crippen LogP) is 3.23. The fraction of sp³-hybridized carbons (Fsp3) is 0. The molecule has 1 aromatic carbocycles. The molecule has 0 saturated carbocycles. The van der Waals surface area contributed by atoms with Crippen LogP contribution in [-0.2, 0) is 0 Å². The summed E-state index contributed by atoms with van der Waals surface area (Å²) in [4.78, 5) is 3.96. The molecule has 4 heterocycles. The highest BCUT2D eigenvalue weighted by Gasteiger charge is 2.11. The van der Waals surface area contributed by atoms with E-state index in [2.05, 4.69) is 25.4 Å². The van der Waals surface area contributed by atoms with Crippen molar-refractivity contribution in [3.05, 3.63) is 65.9 Å². The van der Waals surface area contributed by atoms with Gasteiger partial charge < -0.3 is 4.74 Å². The van der Waals surface area contributed by atoms with Gasteiger partial charge in [-0.3, -0.25) is 0 Å². The van der Waals surface area contributed by atoms with Crippen molar-refractivity contribution < 1.29 is 4.74 Å². The molecule has 26 heavy (non-hydrogen) atoms. The molecule has 0 aliphatic rings. The molecule has 0 atom stereocenters. The van der Waals surface area contributed by atoms with Gasteiger partial charge in [0.1, 0.15) is 18.4 Å². The van der Waals surface area contributed by atoms with Crippen LogP contribution in [0.5, 0.6) is 11.6 Å². The first kappa shape index (κ1) is 14.7. The molecule has 126 valence electrons. The zero-order valence-corrected chi connectivity index (χ0v) is 14.1. The Morgan fingerprint density at radius 3 is 2.88 bits per heavy atom. The summed E-state index contributed by atoms with van der Waals surface area (Å²) in [5.74, 6) is 1.78. The van der Waals surface area contributed by atoms with Crippen LogP contribution in [0.2, 0.25) is 0 Å². The van der Waals surface area contributed by atoms with E-state index in [1.165, 1.54) is 6.33 Å². The van der Waals surface area contributed by atoms with Gasteiger partial charge in [-0.25, -0.2) is 9.67 Å². The summed E-state index contributed by atoms with van der Waals surface area (Å²) in [6, 6.07) is 13.1. The van der Waals surface area contributed by atoms with Crippen LogP contribution >= 0.6 is 11.3 Å². The van der Waals surface area contributed by atoms with Crippen LogP contribution in [0.15, 0.2) is 65.9 Å². The summed E-state index contributed by atoms with van der Waals surface area (Å²) in [5, 5.41) is 21.0. The van der Waals surface area contributed by atoms with Gasteiger partial charge in [0.05, 0.1) is 5.69 Å². The van der Waals surface area contributed by atoms with E-state index >= 15 is 0 Å². The van der Waals surface area contributed by atoms with Crippen LogP contribution in [0.3, 0.4) is 0 Å². The van der Waals surface area contributed by atoms with Crippen LogP contribution in [0.1, 0.15) is 0 Å². The second-order valence-corrected chi connectivity index (χ2v) is 6.20. The fourth-order valence-electron chi connectivity index (χ4n) is 2.55. The van der Waals surface area contributed by atoms with Crippen LogP contribution in [0.4, 0.5) is 0 Å². The fourth-order valence-corrected chi connectivity index (χ4v) is 3.18. The number of aromatic nitrogens is 7. The number of rotatable bonds is 4. The van der Waals surface area contributed by atoms with Gasteiger partial charge in [-0.05, 0) is 29.6 Å². The molecular formula is C17H11N7OS. The third kappa shape index (κ3) is 2.60. The van der Waals surface area contributed by atoms with Crippen LogP contribution in [0.25, 0.3) is 22.7 Å². The van der Waals surface area contributed by atoms with Crippen LogP contribution < -0.4 is 4.74 Å². The third-order valence-electron chi connectivity index (χ3n) is 3.74. The van der Waals surface area contributed by atoms with Crippen molar-refractivity contribution in [3.8, 4) is 28.7 Å². The number of benzene rings is 1. The molecule has 4 aromatic heterocycles. The Kier molecular flexibility index (Phi) is 3.42. The molecule has 0 spiro atoms. The molecule has 0 fully saturated rings. The van der Waals surface area contributed by atoms with E-state index in [1.807, 2.05) is 47.2 Å². The molecule has 0 aliphatic carbocycles. The number of fused-ring (bicyclic) bond motifs is 1. The monoisotopic (exact) mass is 361 g/mol. The molecule has 0 radical (unpaired) electrons. The topological polar surface area (TPSA) is 83.0 Å². The van der Waals surface area contributed by atoms with E-state index in [0.717, 1.165) is 11.3 Å². The van der Waals surface area contributed by atoms with Crippen molar-refractivity contribution in [2.75, 3.05) is 0 Å². The first-order valence-corrected chi connectivity index (χ1v) is 8.69. The molecule has 0 unspecified atom stereocenters. The summed E-state index contributed by atoms with van der Waals surface area (Å²) in [6.45, 7) is 0. The minimum absolute atomic E-state index is 0.449. The second-order valence-electron chi connectivity index (χ2n) is 5.42. The van der Waals surface area contributed by atoms with Gasteiger partial charge in [-0.15, -0.1) is 15.3 Å². The van der Waals surface area contributed by atoms with Crippen LogP contribution in [0, 0.1) is 0 Å². The maximum Gasteiger partial charge on any atom is 0.237 e. The smallest absolute Gasteiger partial charge is 0.237 e. The summed E-state index contributed by atoms with van der Waals surface area (Å²) >= 11 is 1.60. The standard InChI is InChI=1S/C17H11N7OS/c1-2-13(23-11-18-10-19-23)8-14(3-1)25-16-5-4-15-20-21-17(24(15)22-16)12-6-7-26-9-12/h1-11H. The summed E-state index contributed by atoms with van der Waals surface area (Å²) in [6.07, 6.45) is 3.12. The predicted molar refractivity (Wildman–Crippen MR) is 95.5 cm³/mol. The van der Waals surface area contributed by atoms with Gasteiger partial charge in [0.25, 0.3) is 0 Å². The van der Waals surface area contributed by atoms with Crippen molar-refractivity contribution in [1.29, 1.82) is 0 Å². The van der Waals surface area contributed by atoms with Gasteiger partial charge >= 0.3 is 0 Å². The Hall–Kier alpha value is -3.59. The van der Waals surface area contributed by atoms with E-state index < -0.39 is 0 Å². The zero-order valence-electron chi connectivity index (χ0n) is 13.3. The van der Waals surface area contributed by atoms with E-state index in [1.54, 1.807) is 32.9 Å². The summed E-state index contributed by atoms with van der Waals surface area (Å²) < 4.78 is 9.26.